The second-order valence-corrected chi connectivity index (χ2v) is 8.63. The van der Waals surface area contributed by atoms with E-state index in [0.717, 1.165) is 17.2 Å². The van der Waals surface area contributed by atoms with Crippen LogP contribution in [0.15, 0.2) is 15.7 Å². The Kier molecular flexibility index (Phi) is 4.02. The lowest BCUT2D eigenvalue weighted by molar-refractivity contribution is 0.281. The van der Waals surface area contributed by atoms with Crippen LogP contribution >= 0.6 is 23.1 Å². The van der Waals surface area contributed by atoms with Gasteiger partial charge >= 0.3 is 0 Å². The number of nitrogens with one attached hydrogen (secondary N) is 1. The summed E-state index contributed by atoms with van der Waals surface area (Å²) < 4.78 is 1.55. The topological polar surface area (TPSA) is 12.0 Å². The normalized spacial score (nSPS) is 36.3. The molecule has 2 atom stereocenters. The summed E-state index contributed by atoms with van der Waals surface area (Å²) in [7, 11) is 0. The third-order valence-electron chi connectivity index (χ3n) is 4.36. The molecule has 2 heterocycles. The Morgan fingerprint density at radius 2 is 1.94 bits per heavy atom. The van der Waals surface area contributed by atoms with E-state index >= 15 is 0 Å². The smallest absolute Gasteiger partial charge is 0.0649 e. The first kappa shape index (κ1) is 13.0. The molecular weight excluding hydrogens is 258 g/mol. The quantitative estimate of drug-likeness (QED) is 0.832. The number of thioether (sulfide) groups is 1. The fourth-order valence-electron chi connectivity index (χ4n) is 3.22. The summed E-state index contributed by atoms with van der Waals surface area (Å²) in [4.78, 5) is 0. The Labute approximate surface area is 119 Å². The molecule has 0 radical (unpaired) electrons. The summed E-state index contributed by atoms with van der Waals surface area (Å²) in [6.45, 7) is 4.76. The van der Waals surface area contributed by atoms with Crippen molar-refractivity contribution < 1.29 is 0 Å². The molecule has 1 fully saturated rings. The van der Waals surface area contributed by atoms with Gasteiger partial charge in [-0.3, -0.25) is 0 Å². The van der Waals surface area contributed by atoms with Crippen molar-refractivity contribution >= 4 is 23.1 Å². The van der Waals surface area contributed by atoms with Crippen LogP contribution in [-0.4, -0.2) is 11.3 Å². The van der Waals surface area contributed by atoms with Gasteiger partial charge in [0.1, 0.15) is 0 Å². The van der Waals surface area contributed by atoms with E-state index < -0.39 is 0 Å². The van der Waals surface area contributed by atoms with E-state index in [0.29, 0.717) is 6.04 Å². The molecule has 3 heteroatoms. The molecule has 2 aliphatic rings. The molecule has 1 aliphatic heterocycles. The van der Waals surface area contributed by atoms with Gasteiger partial charge in [0.25, 0.3) is 0 Å². The van der Waals surface area contributed by atoms with Crippen molar-refractivity contribution in [2.45, 2.75) is 67.5 Å². The molecule has 1 nitrogen and oxygen atoms in total. The second-order valence-electron chi connectivity index (χ2n) is 6.00. The second kappa shape index (κ2) is 5.56. The van der Waals surface area contributed by atoms with Crippen molar-refractivity contribution in [3.05, 3.63) is 17.0 Å². The number of rotatable bonds is 2. The predicted molar refractivity (Wildman–Crippen MR) is 81.6 cm³/mol. The molecule has 1 unspecified atom stereocenters. The van der Waals surface area contributed by atoms with Crippen molar-refractivity contribution in [2.24, 2.45) is 5.92 Å². The summed E-state index contributed by atoms with van der Waals surface area (Å²) in [5, 5.41) is 6.96. The van der Waals surface area contributed by atoms with Gasteiger partial charge in [-0.2, -0.15) is 0 Å². The SMILES string of the molecule is CC1CCC(NC2C[C@H](C)Sc3sccc32)CC1. The summed E-state index contributed by atoms with van der Waals surface area (Å²) in [6, 6.07) is 3.71. The monoisotopic (exact) mass is 281 g/mol. The zero-order chi connectivity index (χ0) is 12.5. The zero-order valence-corrected chi connectivity index (χ0v) is 12.9. The molecule has 1 aliphatic carbocycles. The van der Waals surface area contributed by atoms with Gasteiger partial charge < -0.3 is 5.32 Å². The van der Waals surface area contributed by atoms with Crippen LogP contribution in [0.25, 0.3) is 0 Å². The molecule has 0 amide bonds. The predicted octanol–water partition coefficient (Wildman–Crippen LogP) is 4.84. The molecule has 0 saturated heterocycles. The standard InChI is InChI=1S/C15H23NS2/c1-10-3-5-12(6-4-10)16-14-9-11(2)18-15-13(14)7-8-17-15/h7-8,10-12,14,16H,3-6,9H2,1-2H3/t10?,11-,12?,14?/m0/s1. The van der Waals surface area contributed by atoms with E-state index in [4.69, 9.17) is 0 Å². The fourth-order valence-corrected chi connectivity index (χ4v) is 5.79. The number of thiophene rings is 1. The van der Waals surface area contributed by atoms with Crippen molar-refractivity contribution in [3.63, 3.8) is 0 Å². The molecule has 1 aromatic rings. The number of hydrogen-bond acceptors (Lipinski definition) is 3. The van der Waals surface area contributed by atoms with Gasteiger partial charge in [-0.15, -0.1) is 23.1 Å². The Balaban J connectivity index is 1.66. The van der Waals surface area contributed by atoms with E-state index in [1.54, 1.807) is 9.77 Å². The highest BCUT2D eigenvalue weighted by atomic mass is 32.2. The van der Waals surface area contributed by atoms with E-state index in [9.17, 15) is 0 Å². The summed E-state index contributed by atoms with van der Waals surface area (Å²) >= 11 is 3.98. The van der Waals surface area contributed by atoms with Crippen LogP contribution in [0.5, 0.6) is 0 Å². The maximum atomic E-state index is 3.94. The van der Waals surface area contributed by atoms with Gasteiger partial charge in [-0.05, 0) is 55.0 Å². The van der Waals surface area contributed by atoms with Gasteiger partial charge in [0, 0.05) is 17.3 Å². The van der Waals surface area contributed by atoms with Crippen LogP contribution < -0.4 is 5.32 Å². The molecule has 1 N–H and O–H groups in total. The number of hydrogen-bond donors (Lipinski definition) is 1. The highest BCUT2D eigenvalue weighted by Crippen LogP contribution is 2.44. The van der Waals surface area contributed by atoms with E-state index in [-0.39, 0.29) is 0 Å². The zero-order valence-electron chi connectivity index (χ0n) is 11.3. The van der Waals surface area contributed by atoms with Gasteiger partial charge in [0.15, 0.2) is 0 Å². The number of fused-ring (bicyclic) bond motifs is 1. The minimum Gasteiger partial charge on any atom is -0.307 e. The van der Waals surface area contributed by atoms with E-state index in [1.807, 2.05) is 11.3 Å². The van der Waals surface area contributed by atoms with Gasteiger partial charge in [0.2, 0.25) is 0 Å². The van der Waals surface area contributed by atoms with Crippen molar-refractivity contribution in [1.82, 2.24) is 5.32 Å². The first-order valence-electron chi connectivity index (χ1n) is 7.22. The Morgan fingerprint density at radius 3 is 2.72 bits per heavy atom. The fraction of sp³-hybridized carbons (Fsp3) is 0.733. The molecule has 100 valence electrons. The lowest BCUT2D eigenvalue weighted by Gasteiger charge is -2.34. The maximum absolute atomic E-state index is 3.94. The highest BCUT2D eigenvalue weighted by molar-refractivity contribution is 8.01. The molecule has 0 bridgehead atoms. The van der Waals surface area contributed by atoms with Crippen molar-refractivity contribution in [3.8, 4) is 0 Å². The molecule has 18 heavy (non-hydrogen) atoms. The van der Waals surface area contributed by atoms with Crippen LogP contribution in [0.3, 0.4) is 0 Å². The lowest BCUT2D eigenvalue weighted by Crippen LogP contribution is -2.37. The maximum Gasteiger partial charge on any atom is 0.0649 e. The average Bonchev–Trinajstić information content (AvgIpc) is 2.80. The third-order valence-corrected chi connectivity index (χ3v) is 6.71. The van der Waals surface area contributed by atoms with Gasteiger partial charge in [-0.1, -0.05) is 13.8 Å². The largest absolute Gasteiger partial charge is 0.307 e. The van der Waals surface area contributed by atoms with Gasteiger partial charge in [0.05, 0.1) is 4.21 Å². The lowest BCUT2D eigenvalue weighted by atomic mass is 9.86. The van der Waals surface area contributed by atoms with Crippen LogP contribution in [-0.2, 0) is 0 Å². The minimum absolute atomic E-state index is 0.612. The molecule has 0 spiro atoms. The third kappa shape index (κ3) is 2.78. The molecular formula is C15H23NS2. The Hall–Kier alpha value is 0.0100. The first-order valence-corrected chi connectivity index (χ1v) is 8.98. The first-order chi connectivity index (χ1) is 8.72. The van der Waals surface area contributed by atoms with E-state index in [2.05, 4.69) is 42.4 Å². The van der Waals surface area contributed by atoms with Crippen LogP contribution in [0, 0.1) is 5.92 Å². The highest BCUT2D eigenvalue weighted by Gasteiger charge is 2.29. The van der Waals surface area contributed by atoms with Crippen LogP contribution in [0.1, 0.15) is 57.6 Å². The molecule has 1 aromatic heterocycles. The summed E-state index contributed by atoms with van der Waals surface area (Å²) in [5.41, 5.74) is 1.57. The Morgan fingerprint density at radius 1 is 1.17 bits per heavy atom. The minimum atomic E-state index is 0.612. The van der Waals surface area contributed by atoms with Gasteiger partial charge in [-0.25, -0.2) is 0 Å². The van der Waals surface area contributed by atoms with Crippen molar-refractivity contribution in [1.29, 1.82) is 0 Å². The molecule has 1 saturated carbocycles. The molecule has 3 rings (SSSR count). The molecule has 0 aromatic carbocycles. The van der Waals surface area contributed by atoms with Crippen LogP contribution in [0.4, 0.5) is 0 Å². The van der Waals surface area contributed by atoms with Crippen molar-refractivity contribution in [2.75, 3.05) is 0 Å². The summed E-state index contributed by atoms with van der Waals surface area (Å²) in [5.74, 6) is 0.945. The van der Waals surface area contributed by atoms with E-state index in [1.165, 1.54) is 32.1 Å². The average molecular weight is 281 g/mol. The summed E-state index contributed by atoms with van der Waals surface area (Å²) in [6.07, 6.45) is 6.86. The Bertz CT molecular complexity index is 393. The van der Waals surface area contributed by atoms with Crippen LogP contribution in [0.2, 0.25) is 0 Å².